The molecule has 2 aliphatic heterocycles. The Bertz CT molecular complexity index is 464. The number of para-hydroxylation sites is 1. The van der Waals surface area contributed by atoms with E-state index in [9.17, 15) is 4.79 Å². The average Bonchev–Trinajstić information content (AvgIpc) is 3.18. The highest BCUT2D eigenvalue weighted by atomic mass is 16.7. The number of rotatable bonds is 7. The summed E-state index contributed by atoms with van der Waals surface area (Å²) in [6, 6.07) is 9.67. The highest BCUT2D eigenvalue weighted by Gasteiger charge is 2.35. The monoisotopic (exact) mass is 306 g/mol. The van der Waals surface area contributed by atoms with Gasteiger partial charge in [0.05, 0.1) is 6.61 Å². The van der Waals surface area contributed by atoms with Gasteiger partial charge in [-0.2, -0.15) is 5.06 Å². The Morgan fingerprint density at radius 1 is 1.36 bits per heavy atom. The van der Waals surface area contributed by atoms with Gasteiger partial charge in [-0.25, -0.2) is 0 Å². The molecule has 3 unspecified atom stereocenters. The smallest absolute Gasteiger partial charge is 0.208 e. The van der Waals surface area contributed by atoms with Crippen molar-refractivity contribution in [3.63, 3.8) is 0 Å². The van der Waals surface area contributed by atoms with Crippen LogP contribution in [0.2, 0.25) is 0 Å². The molecule has 0 spiro atoms. The second-order valence-corrected chi connectivity index (χ2v) is 5.72. The molecule has 1 amide bonds. The van der Waals surface area contributed by atoms with Crippen molar-refractivity contribution in [2.75, 3.05) is 26.4 Å². The van der Waals surface area contributed by atoms with E-state index >= 15 is 0 Å². The van der Waals surface area contributed by atoms with E-state index in [4.69, 9.17) is 14.3 Å². The van der Waals surface area contributed by atoms with Crippen molar-refractivity contribution >= 4 is 6.41 Å². The Hall–Kier alpha value is -1.63. The second kappa shape index (κ2) is 7.58. The van der Waals surface area contributed by atoms with Crippen molar-refractivity contribution in [2.45, 2.75) is 25.1 Å². The molecule has 6 heteroatoms. The number of hydrogen-bond acceptors (Lipinski definition) is 5. The maximum atomic E-state index is 10.8. The SMILES string of the molecule is O=CNC1CC(COc2ccccc2)ON1CC1CCOC1. The summed E-state index contributed by atoms with van der Waals surface area (Å²) >= 11 is 0. The van der Waals surface area contributed by atoms with Crippen LogP contribution in [0.25, 0.3) is 0 Å². The van der Waals surface area contributed by atoms with E-state index in [2.05, 4.69) is 5.32 Å². The Morgan fingerprint density at radius 2 is 2.23 bits per heavy atom. The summed E-state index contributed by atoms with van der Waals surface area (Å²) in [6.45, 7) is 2.82. The van der Waals surface area contributed by atoms with Crippen molar-refractivity contribution in [3.8, 4) is 5.75 Å². The number of carbonyl (C=O) groups excluding carboxylic acids is 1. The van der Waals surface area contributed by atoms with E-state index < -0.39 is 0 Å². The fraction of sp³-hybridized carbons (Fsp3) is 0.562. The quantitative estimate of drug-likeness (QED) is 0.767. The van der Waals surface area contributed by atoms with Crippen molar-refractivity contribution in [3.05, 3.63) is 30.3 Å². The minimum atomic E-state index is -0.0949. The molecule has 0 bridgehead atoms. The molecule has 1 aromatic carbocycles. The van der Waals surface area contributed by atoms with E-state index in [0.717, 1.165) is 44.8 Å². The molecule has 2 heterocycles. The van der Waals surface area contributed by atoms with Gasteiger partial charge in [-0.3, -0.25) is 9.63 Å². The number of carbonyl (C=O) groups is 1. The molecule has 6 nitrogen and oxygen atoms in total. The van der Waals surface area contributed by atoms with Gasteiger partial charge in [0.1, 0.15) is 24.6 Å². The zero-order chi connectivity index (χ0) is 15.2. The first-order valence-corrected chi connectivity index (χ1v) is 7.74. The van der Waals surface area contributed by atoms with Gasteiger partial charge in [0.2, 0.25) is 6.41 Å². The van der Waals surface area contributed by atoms with Crippen LogP contribution in [0.1, 0.15) is 12.8 Å². The highest BCUT2D eigenvalue weighted by Crippen LogP contribution is 2.24. The molecule has 0 aromatic heterocycles. The molecule has 0 saturated carbocycles. The number of ether oxygens (including phenoxy) is 2. The zero-order valence-corrected chi connectivity index (χ0v) is 12.5. The Kier molecular flexibility index (Phi) is 5.26. The van der Waals surface area contributed by atoms with Crippen LogP contribution in [0.15, 0.2) is 30.3 Å². The predicted octanol–water partition coefficient (Wildman–Crippen LogP) is 1.18. The van der Waals surface area contributed by atoms with Crippen LogP contribution < -0.4 is 10.1 Å². The second-order valence-electron chi connectivity index (χ2n) is 5.72. The lowest BCUT2D eigenvalue weighted by molar-refractivity contribution is -0.179. The van der Waals surface area contributed by atoms with Crippen molar-refractivity contribution < 1.29 is 19.1 Å². The topological polar surface area (TPSA) is 60.0 Å². The number of hydrogen-bond donors (Lipinski definition) is 1. The van der Waals surface area contributed by atoms with Crippen LogP contribution in [0.3, 0.4) is 0 Å². The van der Waals surface area contributed by atoms with Gasteiger partial charge in [0, 0.05) is 19.6 Å². The Labute approximate surface area is 130 Å². The molecule has 3 rings (SSSR count). The fourth-order valence-corrected chi connectivity index (χ4v) is 2.86. The number of amides is 1. The van der Waals surface area contributed by atoms with Crippen LogP contribution in [0.5, 0.6) is 5.75 Å². The molecule has 1 aromatic rings. The number of hydroxylamine groups is 2. The number of benzene rings is 1. The first kappa shape index (κ1) is 15.3. The lowest BCUT2D eigenvalue weighted by atomic mass is 10.1. The van der Waals surface area contributed by atoms with Gasteiger partial charge in [-0.05, 0) is 24.5 Å². The molecule has 2 aliphatic rings. The standard InChI is InChI=1S/C16H22N2O4/c19-12-17-16-8-15(11-21-14-4-2-1-3-5-14)22-18(16)9-13-6-7-20-10-13/h1-5,12-13,15-16H,6-11H2,(H,17,19). The van der Waals surface area contributed by atoms with Crippen molar-refractivity contribution in [1.29, 1.82) is 0 Å². The van der Waals surface area contributed by atoms with E-state index in [1.54, 1.807) is 0 Å². The number of nitrogens with zero attached hydrogens (tertiary/aromatic N) is 1. The highest BCUT2D eigenvalue weighted by molar-refractivity contribution is 5.46. The van der Waals surface area contributed by atoms with Crippen LogP contribution in [-0.2, 0) is 14.4 Å². The van der Waals surface area contributed by atoms with Crippen LogP contribution >= 0.6 is 0 Å². The molecule has 1 N–H and O–H groups in total. The molecule has 2 fully saturated rings. The fourth-order valence-electron chi connectivity index (χ4n) is 2.86. The van der Waals surface area contributed by atoms with Gasteiger partial charge in [0.25, 0.3) is 0 Å². The molecule has 22 heavy (non-hydrogen) atoms. The normalized spacial score (nSPS) is 28.6. The van der Waals surface area contributed by atoms with Gasteiger partial charge in [0.15, 0.2) is 0 Å². The van der Waals surface area contributed by atoms with Crippen LogP contribution in [-0.4, -0.2) is 50.1 Å². The summed E-state index contributed by atoms with van der Waals surface area (Å²) in [6.07, 6.45) is 2.34. The van der Waals surface area contributed by atoms with Gasteiger partial charge < -0.3 is 14.8 Å². The summed E-state index contributed by atoms with van der Waals surface area (Å²) in [5.41, 5.74) is 0. The van der Waals surface area contributed by atoms with Crippen LogP contribution in [0.4, 0.5) is 0 Å². The summed E-state index contributed by atoms with van der Waals surface area (Å²) in [5.74, 6) is 1.29. The van der Waals surface area contributed by atoms with Crippen LogP contribution in [0, 0.1) is 5.92 Å². The zero-order valence-electron chi connectivity index (χ0n) is 12.5. The Morgan fingerprint density at radius 3 is 2.95 bits per heavy atom. The molecular weight excluding hydrogens is 284 g/mol. The lowest BCUT2D eigenvalue weighted by Gasteiger charge is -2.24. The van der Waals surface area contributed by atoms with Gasteiger partial charge >= 0.3 is 0 Å². The van der Waals surface area contributed by atoms with Gasteiger partial charge in [-0.15, -0.1) is 0 Å². The molecule has 0 radical (unpaired) electrons. The van der Waals surface area contributed by atoms with E-state index in [1.807, 2.05) is 35.4 Å². The van der Waals surface area contributed by atoms with Crippen molar-refractivity contribution in [2.24, 2.45) is 5.92 Å². The predicted molar refractivity (Wildman–Crippen MR) is 80.0 cm³/mol. The third-order valence-electron chi connectivity index (χ3n) is 4.02. The van der Waals surface area contributed by atoms with Gasteiger partial charge in [-0.1, -0.05) is 18.2 Å². The maximum Gasteiger partial charge on any atom is 0.208 e. The molecule has 0 aliphatic carbocycles. The maximum absolute atomic E-state index is 10.8. The van der Waals surface area contributed by atoms with Crippen molar-refractivity contribution in [1.82, 2.24) is 10.4 Å². The molecule has 2 saturated heterocycles. The van der Waals surface area contributed by atoms with E-state index in [0.29, 0.717) is 12.5 Å². The molecule has 120 valence electrons. The molecule has 3 atom stereocenters. The minimum absolute atomic E-state index is 0.0556. The summed E-state index contributed by atoms with van der Waals surface area (Å²) in [5, 5.41) is 4.69. The molecular formula is C16H22N2O4. The summed E-state index contributed by atoms with van der Waals surface area (Å²) in [7, 11) is 0. The first-order valence-electron chi connectivity index (χ1n) is 7.74. The third kappa shape index (κ3) is 3.97. The average molecular weight is 306 g/mol. The summed E-state index contributed by atoms with van der Waals surface area (Å²) in [4.78, 5) is 16.7. The lowest BCUT2D eigenvalue weighted by Crippen LogP contribution is -2.42. The minimum Gasteiger partial charge on any atom is -0.491 e. The summed E-state index contributed by atoms with van der Waals surface area (Å²) < 4.78 is 11.1. The number of nitrogens with one attached hydrogen (secondary N) is 1. The van der Waals surface area contributed by atoms with E-state index in [1.165, 1.54) is 0 Å². The van der Waals surface area contributed by atoms with E-state index in [-0.39, 0.29) is 12.3 Å². The third-order valence-corrected chi connectivity index (χ3v) is 4.02. The Balaban J connectivity index is 1.51. The first-order chi connectivity index (χ1) is 10.8. The largest absolute Gasteiger partial charge is 0.491 e.